The summed E-state index contributed by atoms with van der Waals surface area (Å²) in [5.74, 6) is 1.83. The smallest absolute Gasteiger partial charge is 0.271 e. The molecule has 0 bridgehead atoms. The summed E-state index contributed by atoms with van der Waals surface area (Å²) in [5, 5.41) is 11.6. The Balaban J connectivity index is 1.79. The molecule has 4 N–H and O–H groups in total. The number of nitrogens with zero attached hydrogens (tertiary/aromatic N) is 4. The number of nitro benzene ring substituents is 1. The number of aliphatic imine (C=N–C) groups is 1. The van der Waals surface area contributed by atoms with E-state index in [2.05, 4.69) is 15.0 Å². The molecule has 0 amide bonds. The lowest BCUT2D eigenvalue weighted by Gasteiger charge is -2.07. The fourth-order valence-electron chi connectivity index (χ4n) is 2.78. The Hall–Kier alpha value is -3.95. The molecule has 10 nitrogen and oxygen atoms in total. The van der Waals surface area contributed by atoms with Gasteiger partial charge in [0.25, 0.3) is 5.69 Å². The Morgan fingerprint density at radius 3 is 2.74 bits per heavy atom. The third kappa shape index (κ3) is 3.27. The molecule has 0 atom stereocenters. The molecule has 2 heterocycles. The molecule has 27 heavy (non-hydrogen) atoms. The van der Waals surface area contributed by atoms with Gasteiger partial charge in [0.15, 0.2) is 23.3 Å². The number of rotatable bonds is 4. The lowest BCUT2D eigenvalue weighted by Crippen LogP contribution is -2.22. The van der Waals surface area contributed by atoms with Crippen molar-refractivity contribution in [1.82, 2.24) is 9.97 Å². The van der Waals surface area contributed by atoms with Gasteiger partial charge in [0.05, 0.1) is 10.4 Å². The molecular weight excluding hydrogens is 352 g/mol. The highest BCUT2D eigenvalue weighted by molar-refractivity contribution is 5.92. The standard InChI is InChI=1S/C17H14N6O4/c18-17(19)22-16-11-3-2-10(23(24)25)7-12(11)20-15(21-16)6-9-1-4-13-14(5-9)27-8-26-13/h1-5,7H,6,8H2,(H4,18,19,20,21,22). The van der Waals surface area contributed by atoms with Crippen molar-refractivity contribution in [3.05, 3.63) is 57.9 Å². The van der Waals surface area contributed by atoms with Gasteiger partial charge in [-0.05, 0) is 23.8 Å². The highest BCUT2D eigenvalue weighted by Gasteiger charge is 2.16. The van der Waals surface area contributed by atoms with Crippen molar-refractivity contribution in [2.45, 2.75) is 6.42 Å². The molecular formula is C17H14N6O4. The van der Waals surface area contributed by atoms with Crippen LogP contribution in [-0.2, 0) is 6.42 Å². The van der Waals surface area contributed by atoms with Crippen molar-refractivity contribution in [3.63, 3.8) is 0 Å². The van der Waals surface area contributed by atoms with Crippen LogP contribution in [-0.4, -0.2) is 27.6 Å². The van der Waals surface area contributed by atoms with E-state index < -0.39 is 4.92 Å². The van der Waals surface area contributed by atoms with E-state index in [0.717, 1.165) is 5.56 Å². The quantitative estimate of drug-likeness (QED) is 0.307. The van der Waals surface area contributed by atoms with E-state index in [-0.39, 0.29) is 24.3 Å². The predicted octanol–water partition coefficient (Wildman–Crippen LogP) is 1.76. The van der Waals surface area contributed by atoms with Gasteiger partial charge in [-0.3, -0.25) is 10.1 Å². The normalized spacial score (nSPS) is 12.1. The molecule has 0 fully saturated rings. The number of fused-ring (bicyclic) bond motifs is 2. The van der Waals surface area contributed by atoms with Crippen molar-refractivity contribution >= 4 is 28.4 Å². The van der Waals surface area contributed by atoms with Crippen LogP contribution < -0.4 is 20.9 Å². The first-order valence-electron chi connectivity index (χ1n) is 7.93. The van der Waals surface area contributed by atoms with Crippen LogP contribution >= 0.6 is 0 Å². The summed E-state index contributed by atoms with van der Waals surface area (Å²) in [6.07, 6.45) is 0.363. The van der Waals surface area contributed by atoms with Crippen LogP contribution in [0.4, 0.5) is 11.5 Å². The summed E-state index contributed by atoms with van der Waals surface area (Å²) in [6, 6.07) is 9.76. The summed E-state index contributed by atoms with van der Waals surface area (Å²) in [4.78, 5) is 23.4. The average Bonchev–Trinajstić information content (AvgIpc) is 3.08. The van der Waals surface area contributed by atoms with Gasteiger partial charge in [-0.2, -0.15) is 4.99 Å². The van der Waals surface area contributed by atoms with E-state index in [1.807, 2.05) is 12.1 Å². The fourth-order valence-corrected chi connectivity index (χ4v) is 2.78. The largest absolute Gasteiger partial charge is 0.454 e. The summed E-state index contributed by atoms with van der Waals surface area (Å²) < 4.78 is 10.7. The highest BCUT2D eigenvalue weighted by Crippen LogP contribution is 2.33. The van der Waals surface area contributed by atoms with E-state index in [9.17, 15) is 10.1 Å². The predicted molar refractivity (Wildman–Crippen MR) is 97.0 cm³/mol. The van der Waals surface area contributed by atoms with Gasteiger partial charge in [-0.1, -0.05) is 6.07 Å². The van der Waals surface area contributed by atoms with E-state index >= 15 is 0 Å². The van der Waals surface area contributed by atoms with E-state index in [0.29, 0.717) is 34.6 Å². The molecule has 2 aromatic carbocycles. The van der Waals surface area contributed by atoms with Gasteiger partial charge in [-0.25, -0.2) is 9.97 Å². The Morgan fingerprint density at radius 1 is 1.15 bits per heavy atom. The molecule has 1 aliphatic rings. The first-order valence-corrected chi connectivity index (χ1v) is 7.93. The topological polar surface area (TPSA) is 152 Å². The van der Waals surface area contributed by atoms with Crippen molar-refractivity contribution in [2.75, 3.05) is 6.79 Å². The van der Waals surface area contributed by atoms with Gasteiger partial charge >= 0.3 is 0 Å². The maximum absolute atomic E-state index is 11.1. The van der Waals surface area contributed by atoms with E-state index in [1.165, 1.54) is 18.2 Å². The summed E-state index contributed by atoms with van der Waals surface area (Å²) in [7, 11) is 0. The maximum Gasteiger partial charge on any atom is 0.271 e. The van der Waals surface area contributed by atoms with Crippen LogP contribution in [0.25, 0.3) is 10.9 Å². The monoisotopic (exact) mass is 366 g/mol. The molecule has 1 aromatic heterocycles. The molecule has 0 saturated carbocycles. The van der Waals surface area contributed by atoms with E-state index in [4.69, 9.17) is 20.9 Å². The summed E-state index contributed by atoms with van der Waals surface area (Å²) >= 11 is 0. The Morgan fingerprint density at radius 2 is 1.96 bits per heavy atom. The third-order valence-corrected chi connectivity index (χ3v) is 3.95. The van der Waals surface area contributed by atoms with Crippen molar-refractivity contribution in [1.29, 1.82) is 0 Å². The first kappa shape index (κ1) is 16.5. The molecule has 1 aliphatic heterocycles. The number of ether oxygens (including phenoxy) is 2. The van der Waals surface area contributed by atoms with E-state index in [1.54, 1.807) is 6.07 Å². The molecule has 136 valence electrons. The van der Waals surface area contributed by atoms with Crippen LogP contribution in [0.5, 0.6) is 11.5 Å². The van der Waals surface area contributed by atoms with Crippen LogP contribution in [0.2, 0.25) is 0 Å². The summed E-state index contributed by atoms with van der Waals surface area (Å²) in [5.41, 5.74) is 12.2. The van der Waals surface area contributed by atoms with Gasteiger partial charge in [0, 0.05) is 23.9 Å². The lowest BCUT2D eigenvalue weighted by molar-refractivity contribution is -0.384. The Labute approximate surface area is 152 Å². The van der Waals surface area contributed by atoms with Gasteiger partial charge in [0.2, 0.25) is 6.79 Å². The maximum atomic E-state index is 11.1. The van der Waals surface area contributed by atoms with Gasteiger partial charge in [-0.15, -0.1) is 0 Å². The highest BCUT2D eigenvalue weighted by atomic mass is 16.7. The third-order valence-electron chi connectivity index (χ3n) is 3.95. The first-order chi connectivity index (χ1) is 13.0. The Kier molecular flexibility index (Phi) is 3.92. The zero-order chi connectivity index (χ0) is 19.0. The minimum Gasteiger partial charge on any atom is -0.454 e. The molecule has 0 radical (unpaired) electrons. The molecule has 0 saturated heterocycles. The SMILES string of the molecule is NC(N)=Nc1nc(Cc2ccc3c(c2)OCO3)nc2cc([N+](=O)[O-])ccc12. The molecule has 0 spiro atoms. The second-order valence-electron chi connectivity index (χ2n) is 5.82. The minimum absolute atomic E-state index is 0.0779. The second kappa shape index (κ2) is 6.41. The average molecular weight is 366 g/mol. The number of nitro groups is 1. The lowest BCUT2D eigenvalue weighted by atomic mass is 10.1. The number of nitrogens with two attached hydrogens (primary N) is 2. The fraction of sp³-hybridized carbons (Fsp3) is 0.118. The number of hydrogen-bond donors (Lipinski definition) is 2. The van der Waals surface area contributed by atoms with Gasteiger partial charge in [0.1, 0.15) is 5.82 Å². The zero-order valence-corrected chi connectivity index (χ0v) is 14.0. The van der Waals surface area contributed by atoms with Crippen molar-refractivity contribution in [3.8, 4) is 11.5 Å². The van der Waals surface area contributed by atoms with Crippen LogP contribution in [0, 0.1) is 10.1 Å². The number of benzene rings is 2. The molecule has 10 heteroatoms. The summed E-state index contributed by atoms with van der Waals surface area (Å²) in [6.45, 7) is 0.184. The van der Waals surface area contributed by atoms with Crippen LogP contribution in [0.3, 0.4) is 0 Å². The minimum atomic E-state index is -0.487. The number of hydrogen-bond acceptors (Lipinski definition) is 7. The van der Waals surface area contributed by atoms with Crippen LogP contribution in [0.15, 0.2) is 41.4 Å². The molecule has 4 rings (SSSR count). The zero-order valence-electron chi connectivity index (χ0n) is 14.0. The Bertz CT molecular complexity index is 1090. The van der Waals surface area contributed by atoms with Gasteiger partial charge < -0.3 is 20.9 Å². The number of guanidine groups is 1. The molecule has 0 unspecified atom stereocenters. The molecule has 3 aromatic rings. The van der Waals surface area contributed by atoms with Crippen molar-refractivity contribution < 1.29 is 14.4 Å². The van der Waals surface area contributed by atoms with Crippen molar-refractivity contribution in [2.24, 2.45) is 16.5 Å². The number of aromatic nitrogens is 2. The van der Waals surface area contributed by atoms with Crippen LogP contribution in [0.1, 0.15) is 11.4 Å². The molecule has 0 aliphatic carbocycles. The number of non-ortho nitro benzene ring substituents is 1. The second-order valence-corrected chi connectivity index (χ2v) is 5.82.